The van der Waals surface area contributed by atoms with E-state index in [1.807, 2.05) is 24.3 Å². The highest BCUT2D eigenvalue weighted by molar-refractivity contribution is 5.82. The fraction of sp³-hybridized carbons (Fsp3) is 0.500. The molecule has 2 unspecified atom stereocenters. The van der Waals surface area contributed by atoms with E-state index >= 15 is 0 Å². The Balaban J connectivity index is 2.66. The van der Waals surface area contributed by atoms with Gasteiger partial charge in [0.05, 0.1) is 18.6 Å². The number of carbonyl (C=O) groups is 2. The number of ketones is 1. The average Bonchev–Trinajstić information content (AvgIpc) is 2.45. The van der Waals surface area contributed by atoms with Crippen molar-refractivity contribution in [3.8, 4) is 0 Å². The third kappa shape index (κ3) is 6.04. The first kappa shape index (κ1) is 17.3. The van der Waals surface area contributed by atoms with Crippen LogP contribution in [0.4, 0.5) is 4.39 Å². The molecule has 1 aromatic rings. The van der Waals surface area contributed by atoms with Gasteiger partial charge >= 0.3 is 5.97 Å². The number of hydrogen-bond acceptors (Lipinski definition) is 3. The van der Waals surface area contributed by atoms with Crippen LogP contribution in [0.25, 0.3) is 0 Å². The number of benzene rings is 1. The van der Waals surface area contributed by atoms with E-state index in [2.05, 4.69) is 0 Å². The minimum atomic E-state index is -0.951. The number of carbonyl (C=O) groups excluding carboxylic acids is 1. The van der Waals surface area contributed by atoms with Crippen LogP contribution in [0.3, 0.4) is 0 Å². The van der Waals surface area contributed by atoms with Gasteiger partial charge in [-0.3, -0.25) is 14.0 Å². The molecule has 0 aromatic heterocycles. The predicted molar refractivity (Wildman–Crippen MR) is 78.8 cm³/mol. The predicted octanol–water partition coefficient (Wildman–Crippen LogP) is 2.14. The Bertz CT molecular complexity index is 473. The number of carboxylic acids is 1. The summed E-state index contributed by atoms with van der Waals surface area (Å²) in [4.78, 5) is 22.4. The van der Waals surface area contributed by atoms with Crippen molar-refractivity contribution < 1.29 is 19.1 Å². The Morgan fingerprint density at radius 2 is 1.81 bits per heavy atom. The van der Waals surface area contributed by atoms with Crippen LogP contribution in [0.15, 0.2) is 24.3 Å². The van der Waals surface area contributed by atoms with Crippen LogP contribution in [0.2, 0.25) is 0 Å². The highest BCUT2D eigenvalue weighted by atomic mass is 18.2. The van der Waals surface area contributed by atoms with E-state index < -0.39 is 17.9 Å². The van der Waals surface area contributed by atoms with Gasteiger partial charge in [0.15, 0.2) is 0 Å². The lowest BCUT2D eigenvalue weighted by molar-refractivity contribution is -0.142. The second-order valence-corrected chi connectivity index (χ2v) is 5.30. The lowest BCUT2D eigenvalue weighted by atomic mass is 9.91. The lowest BCUT2D eigenvalue weighted by Gasteiger charge is -2.16. The molecule has 0 fully saturated rings. The molecule has 0 saturated heterocycles. The average molecular weight is 294 g/mol. The summed E-state index contributed by atoms with van der Waals surface area (Å²) >= 11 is 0. The van der Waals surface area contributed by atoms with E-state index in [0.717, 1.165) is 11.1 Å². The van der Waals surface area contributed by atoms with Crippen molar-refractivity contribution in [3.05, 3.63) is 35.4 Å². The third-order valence-corrected chi connectivity index (χ3v) is 3.51. The first-order valence-electron chi connectivity index (χ1n) is 7.06. The molecule has 3 N–H and O–H groups in total. The number of halogens is 1. The molecule has 4 nitrogen and oxygen atoms in total. The fourth-order valence-corrected chi connectivity index (χ4v) is 2.14. The van der Waals surface area contributed by atoms with Crippen molar-refractivity contribution >= 4 is 11.8 Å². The van der Waals surface area contributed by atoms with E-state index in [4.69, 9.17) is 5.73 Å². The van der Waals surface area contributed by atoms with E-state index in [1.165, 1.54) is 6.92 Å². The van der Waals surface area contributed by atoms with Gasteiger partial charge in [-0.25, -0.2) is 0 Å². The zero-order valence-electron chi connectivity index (χ0n) is 12.2. The number of hydrogen-bond donors (Lipinski definition) is 2. The maximum Gasteiger partial charge on any atom is 0.306 e. The highest BCUT2D eigenvalue weighted by Crippen LogP contribution is 2.16. The first-order chi connectivity index (χ1) is 9.93. The number of carboxylic acid groups (broad SMARTS) is 1. The van der Waals surface area contributed by atoms with Crippen molar-refractivity contribution in [2.45, 2.75) is 38.6 Å². The first-order valence-corrected chi connectivity index (χ1v) is 7.06. The largest absolute Gasteiger partial charge is 0.481 e. The Kier molecular flexibility index (Phi) is 7.02. The molecule has 21 heavy (non-hydrogen) atoms. The fourth-order valence-electron chi connectivity index (χ4n) is 2.14. The Labute approximate surface area is 124 Å². The van der Waals surface area contributed by atoms with Gasteiger partial charge in [-0.15, -0.1) is 0 Å². The summed E-state index contributed by atoms with van der Waals surface area (Å²) in [5.41, 5.74) is 7.55. The molecule has 0 aliphatic rings. The van der Waals surface area contributed by atoms with Crippen molar-refractivity contribution in [2.24, 2.45) is 11.7 Å². The summed E-state index contributed by atoms with van der Waals surface area (Å²) in [5.74, 6) is -1.84. The summed E-state index contributed by atoms with van der Waals surface area (Å²) in [6, 6.07) is 6.73. The standard InChI is InChI=1S/C16H22FNO3/c1-11(19)15(18)10-14(16(20)21)9-13-6-4-12(5-7-13)3-2-8-17/h4-7,14-15H,2-3,8-10,18H2,1H3,(H,20,21)/i17-1. The summed E-state index contributed by atoms with van der Waals surface area (Å²) in [6.07, 6.45) is 1.63. The van der Waals surface area contributed by atoms with Gasteiger partial charge in [0, 0.05) is 0 Å². The molecule has 5 heteroatoms. The van der Waals surface area contributed by atoms with Gasteiger partial charge in [0.25, 0.3) is 0 Å². The lowest BCUT2D eigenvalue weighted by Crippen LogP contribution is -2.33. The zero-order valence-corrected chi connectivity index (χ0v) is 12.2. The Morgan fingerprint density at radius 3 is 2.29 bits per heavy atom. The van der Waals surface area contributed by atoms with Gasteiger partial charge in [-0.05, 0) is 43.7 Å². The van der Waals surface area contributed by atoms with Crippen LogP contribution < -0.4 is 5.73 Å². The number of alkyl halides is 1. The minimum absolute atomic E-state index is 0.133. The number of aliphatic carboxylic acids is 1. The molecule has 2 atom stereocenters. The minimum Gasteiger partial charge on any atom is -0.481 e. The smallest absolute Gasteiger partial charge is 0.306 e. The Morgan fingerprint density at radius 1 is 1.24 bits per heavy atom. The zero-order chi connectivity index (χ0) is 15.8. The quantitative estimate of drug-likeness (QED) is 0.731. The van der Waals surface area contributed by atoms with Crippen LogP contribution in [-0.2, 0) is 22.4 Å². The molecule has 0 bridgehead atoms. The maximum atomic E-state index is 12.1. The molecule has 0 aliphatic heterocycles. The molecule has 1 aromatic carbocycles. The van der Waals surface area contributed by atoms with Crippen molar-refractivity contribution in [1.29, 1.82) is 0 Å². The van der Waals surface area contributed by atoms with Crippen molar-refractivity contribution in [3.63, 3.8) is 0 Å². The third-order valence-electron chi connectivity index (χ3n) is 3.51. The molecular formula is C16H22FNO3. The van der Waals surface area contributed by atoms with Gasteiger partial charge in [0.2, 0.25) is 0 Å². The number of nitrogens with two attached hydrogens (primary N) is 1. The second-order valence-electron chi connectivity index (χ2n) is 5.30. The van der Waals surface area contributed by atoms with Gasteiger partial charge < -0.3 is 10.8 Å². The summed E-state index contributed by atoms with van der Waals surface area (Å²) in [7, 11) is 0. The van der Waals surface area contributed by atoms with Crippen LogP contribution in [-0.4, -0.2) is 29.6 Å². The summed E-state index contributed by atoms with van der Waals surface area (Å²) in [5, 5.41) is 9.23. The number of rotatable bonds is 9. The van der Waals surface area contributed by atoms with Crippen LogP contribution >= 0.6 is 0 Å². The van der Waals surface area contributed by atoms with Crippen molar-refractivity contribution in [2.75, 3.05) is 6.67 Å². The highest BCUT2D eigenvalue weighted by Gasteiger charge is 2.23. The molecule has 0 aliphatic carbocycles. The van der Waals surface area contributed by atoms with Crippen LogP contribution in [0, 0.1) is 5.92 Å². The van der Waals surface area contributed by atoms with Crippen molar-refractivity contribution in [1.82, 2.24) is 0 Å². The Hall–Kier alpha value is -1.75. The van der Waals surface area contributed by atoms with Crippen LogP contribution in [0.1, 0.15) is 30.9 Å². The summed E-state index contributed by atoms with van der Waals surface area (Å²) in [6.45, 7) is 1.02. The van der Waals surface area contributed by atoms with Gasteiger partial charge in [0.1, 0.15) is 5.78 Å². The molecule has 116 valence electrons. The van der Waals surface area contributed by atoms with E-state index in [9.17, 15) is 19.1 Å². The molecule has 0 amide bonds. The van der Waals surface area contributed by atoms with E-state index in [1.54, 1.807) is 0 Å². The number of aryl methyl sites for hydroxylation is 1. The SMILES string of the molecule is CC(=O)C(N)CC(Cc1ccc(CCC[18F])cc1)C(=O)O. The maximum absolute atomic E-state index is 12.1. The second kappa shape index (κ2) is 8.52. The molecule has 0 spiro atoms. The summed E-state index contributed by atoms with van der Waals surface area (Å²) < 4.78 is 12.1. The van der Waals surface area contributed by atoms with E-state index in [0.29, 0.717) is 19.3 Å². The normalized spacial score (nSPS) is 13.7. The van der Waals surface area contributed by atoms with Gasteiger partial charge in [-0.2, -0.15) is 0 Å². The molecule has 0 heterocycles. The molecule has 1 rings (SSSR count). The molecule has 0 saturated carbocycles. The molecular weight excluding hydrogens is 272 g/mol. The van der Waals surface area contributed by atoms with Gasteiger partial charge in [-0.1, -0.05) is 24.3 Å². The number of Topliss-reactive ketones (excluding diaryl/α,β-unsaturated/α-hetero) is 1. The monoisotopic (exact) mass is 294 g/mol. The topological polar surface area (TPSA) is 80.4 Å². The molecule has 0 radical (unpaired) electrons. The van der Waals surface area contributed by atoms with Crippen LogP contribution in [0.5, 0.6) is 0 Å². The van der Waals surface area contributed by atoms with E-state index in [-0.39, 0.29) is 18.9 Å².